The molecule has 0 bridgehead atoms. The minimum absolute atomic E-state index is 0.291. The quantitative estimate of drug-likeness (QED) is 0.881. The van der Waals surface area contributed by atoms with E-state index in [1.54, 1.807) is 32.4 Å². The van der Waals surface area contributed by atoms with Crippen molar-refractivity contribution in [2.24, 2.45) is 0 Å². The number of amides is 1. The Kier molecular flexibility index (Phi) is 5.30. The van der Waals surface area contributed by atoms with Gasteiger partial charge in [0.15, 0.2) is 11.5 Å². The molecule has 1 aromatic carbocycles. The van der Waals surface area contributed by atoms with Crippen molar-refractivity contribution in [2.45, 2.75) is 0 Å². The van der Waals surface area contributed by atoms with Crippen molar-refractivity contribution in [3.63, 3.8) is 0 Å². The van der Waals surface area contributed by atoms with Crippen molar-refractivity contribution in [1.29, 1.82) is 0 Å². The van der Waals surface area contributed by atoms with Crippen LogP contribution in [0.3, 0.4) is 0 Å². The topological polar surface area (TPSA) is 85.8 Å². The fourth-order valence-electron chi connectivity index (χ4n) is 2.48. The Hall–Kier alpha value is -2.87. The Morgan fingerprint density at radius 1 is 1.12 bits per heavy atom. The molecule has 0 unspecified atom stereocenters. The van der Waals surface area contributed by atoms with Gasteiger partial charge in [-0.3, -0.25) is 4.79 Å². The summed E-state index contributed by atoms with van der Waals surface area (Å²) in [6, 6.07) is 5.16. The molecule has 0 spiro atoms. The minimum Gasteiger partial charge on any atom is -0.493 e. The first-order valence-electron chi connectivity index (χ1n) is 7.89. The molecule has 3 rings (SSSR count). The predicted molar refractivity (Wildman–Crippen MR) is 92.6 cm³/mol. The molecule has 2 aromatic rings. The summed E-state index contributed by atoms with van der Waals surface area (Å²) in [6.07, 6.45) is 3.04. The van der Waals surface area contributed by atoms with Gasteiger partial charge in [0, 0.05) is 37.2 Å². The molecule has 1 aliphatic heterocycles. The van der Waals surface area contributed by atoms with Crippen molar-refractivity contribution in [3.05, 3.63) is 36.2 Å². The Morgan fingerprint density at radius 3 is 2.44 bits per heavy atom. The number of anilines is 2. The molecule has 0 atom stereocenters. The summed E-state index contributed by atoms with van der Waals surface area (Å²) in [6.45, 7) is 2.81. The molecule has 1 amide bonds. The van der Waals surface area contributed by atoms with Crippen LogP contribution in [-0.2, 0) is 4.74 Å². The second-order valence-electron chi connectivity index (χ2n) is 5.40. The van der Waals surface area contributed by atoms with Crippen LogP contribution in [0.4, 0.5) is 11.6 Å². The zero-order valence-corrected chi connectivity index (χ0v) is 14.2. The normalized spacial score (nSPS) is 14.1. The first kappa shape index (κ1) is 17.0. The van der Waals surface area contributed by atoms with Gasteiger partial charge >= 0.3 is 0 Å². The lowest BCUT2D eigenvalue weighted by Crippen LogP contribution is -2.37. The maximum absolute atomic E-state index is 12.4. The Labute approximate surface area is 145 Å². The summed E-state index contributed by atoms with van der Waals surface area (Å²) in [5, 5.41) is 2.80. The molecule has 25 heavy (non-hydrogen) atoms. The molecule has 2 heterocycles. The van der Waals surface area contributed by atoms with Gasteiger partial charge in [-0.15, -0.1) is 0 Å². The number of morpholine rings is 1. The van der Waals surface area contributed by atoms with Crippen molar-refractivity contribution in [2.75, 3.05) is 50.7 Å². The number of carbonyl (C=O) groups is 1. The highest BCUT2D eigenvalue weighted by molar-refractivity contribution is 6.04. The summed E-state index contributed by atoms with van der Waals surface area (Å²) >= 11 is 0. The van der Waals surface area contributed by atoms with E-state index >= 15 is 0 Å². The van der Waals surface area contributed by atoms with Gasteiger partial charge in [0.05, 0.1) is 33.0 Å². The summed E-state index contributed by atoms with van der Waals surface area (Å²) < 4.78 is 15.7. The number of rotatable bonds is 5. The molecule has 0 aliphatic carbocycles. The van der Waals surface area contributed by atoms with E-state index in [0.29, 0.717) is 41.9 Å². The molecule has 1 aliphatic rings. The first-order chi connectivity index (χ1) is 12.2. The molecule has 1 saturated heterocycles. The number of nitrogens with one attached hydrogen (secondary N) is 1. The SMILES string of the molecule is COc1ccc(NC(=O)c2cnc(N3CCOCC3)nc2)cc1OC. The average Bonchev–Trinajstić information content (AvgIpc) is 2.68. The number of aromatic nitrogens is 2. The van der Waals surface area contributed by atoms with Crippen LogP contribution < -0.4 is 19.7 Å². The number of hydrogen-bond donors (Lipinski definition) is 1. The van der Waals surface area contributed by atoms with Crippen LogP contribution in [0, 0.1) is 0 Å². The molecule has 8 nitrogen and oxygen atoms in total. The maximum atomic E-state index is 12.4. The van der Waals surface area contributed by atoms with E-state index in [1.165, 1.54) is 12.4 Å². The predicted octanol–water partition coefficient (Wildman–Crippen LogP) is 1.58. The summed E-state index contributed by atoms with van der Waals surface area (Å²) in [5.74, 6) is 1.45. The smallest absolute Gasteiger partial charge is 0.258 e. The number of ether oxygens (including phenoxy) is 3. The zero-order chi connectivity index (χ0) is 17.6. The van der Waals surface area contributed by atoms with Crippen molar-refractivity contribution >= 4 is 17.5 Å². The highest BCUT2D eigenvalue weighted by Gasteiger charge is 2.15. The van der Waals surface area contributed by atoms with Crippen LogP contribution in [0.25, 0.3) is 0 Å². The molecular formula is C17H20N4O4. The lowest BCUT2D eigenvalue weighted by Gasteiger charge is -2.26. The van der Waals surface area contributed by atoms with Gasteiger partial charge in [-0.05, 0) is 12.1 Å². The molecule has 132 valence electrons. The van der Waals surface area contributed by atoms with E-state index in [1.807, 2.05) is 4.90 Å². The summed E-state index contributed by atoms with van der Waals surface area (Å²) in [7, 11) is 3.10. The van der Waals surface area contributed by atoms with Gasteiger partial charge in [-0.2, -0.15) is 0 Å². The zero-order valence-electron chi connectivity index (χ0n) is 14.2. The number of benzene rings is 1. The van der Waals surface area contributed by atoms with E-state index in [-0.39, 0.29) is 5.91 Å². The number of methoxy groups -OCH3 is 2. The monoisotopic (exact) mass is 344 g/mol. The fraction of sp³-hybridized carbons (Fsp3) is 0.353. The van der Waals surface area contributed by atoms with Crippen LogP contribution in [0.5, 0.6) is 11.5 Å². The standard InChI is InChI=1S/C17H20N4O4/c1-23-14-4-3-13(9-15(14)24-2)20-16(22)12-10-18-17(19-11-12)21-5-7-25-8-6-21/h3-4,9-11H,5-8H2,1-2H3,(H,20,22). The van der Waals surface area contributed by atoms with Gasteiger partial charge in [-0.25, -0.2) is 9.97 Å². The highest BCUT2D eigenvalue weighted by atomic mass is 16.5. The highest BCUT2D eigenvalue weighted by Crippen LogP contribution is 2.29. The third-order valence-electron chi connectivity index (χ3n) is 3.84. The van der Waals surface area contributed by atoms with Crippen molar-refractivity contribution in [1.82, 2.24) is 9.97 Å². The number of hydrogen-bond acceptors (Lipinski definition) is 7. The van der Waals surface area contributed by atoms with Gasteiger partial charge in [0.25, 0.3) is 5.91 Å². The summed E-state index contributed by atoms with van der Waals surface area (Å²) in [4.78, 5) is 22.9. The van der Waals surface area contributed by atoms with E-state index in [2.05, 4.69) is 15.3 Å². The van der Waals surface area contributed by atoms with Gasteiger partial charge in [0.2, 0.25) is 5.95 Å². The van der Waals surface area contributed by atoms with E-state index in [9.17, 15) is 4.79 Å². The number of nitrogens with zero attached hydrogens (tertiary/aromatic N) is 3. The second kappa shape index (κ2) is 7.80. The number of carbonyl (C=O) groups excluding carboxylic acids is 1. The molecule has 0 radical (unpaired) electrons. The lowest BCUT2D eigenvalue weighted by atomic mass is 10.2. The van der Waals surface area contributed by atoms with Crippen molar-refractivity contribution < 1.29 is 19.0 Å². The molecule has 8 heteroatoms. The van der Waals surface area contributed by atoms with E-state index in [4.69, 9.17) is 14.2 Å². The summed E-state index contributed by atoms with van der Waals surface area (Å²) in [5.41, 5.74) is 0.978. The molecule has 1 fully saturated rings. The van der Waals surface area contributed by atoms with Crippen LogP contribution >= 0.6 is 0 Å². The van der Waals surface area contributed by atoms with Gasteiger partial charge in [-0.1, -0.05) is 0 Å². The molecule has 0 saturated carbocycles. The largest absolute Gasteiger partial charge is 0.493 e. The molecule has 1 aromatic heterocycles. The fourth-order valence-corrected chi connectivity index (χ4v) is 2.48. The van der Waals surface area contributed by atoms with E-state index in [0.717, 1.165) is 13.1 Å². The first-order valence-corrected chi connectivity index (χ1v) is 7.89. The lowest BCUT2D eigenvalue weighted by molar-refractivity contribution is 0.102. The Balaban J connectivity index is 1.68. The van der Waals surface area contributed by atoms with Crippen molar-refractivity contribution in [3.8, 4) is 11.5 Å². The third kappa shape index (κ3) is 3.97. The Bertz CT molecular complexity index is 730. The molecular weight excluding hydrogens is 324 g/mol. The molecule has 1 N–H and O–H groups in total. The van der Waals surface area contributed by atoms with Crippen LogP contribution in [-0.4, -0.2) is 56.4 Å². The maximum Gasteiger partial charge on any atom is 0.258 e. The van der Waals surface area contributed by atoms with E-state index < -0.39 is 0 Å². The minimum atomic E-state index is -0.291. The second-order valence-corrected chi connectivity index (χ2v) is 5.40. The third-order valence-corrected chi connectivity index (χ3v) is 3.84. The van der Waals surface area contributed by atoms with Gasteiger partial charge < -0.3 is 24.4 Å². The Morgan fingerprint density at radius 2 is 1.80 bits per heavy atom. The average molecular weight is 344 g/mol. The van der Waals surface area contributed by atoms with Crippen LogP contribution in [0.1, 0.15) is 10.4 Å². The van der Waals surface area contributed by atoms with Crippen LogP contribution in [0.15, 0.2) is 30.6 Å². The van der Waals surface area contributed by atoms with Crippen LogP contribution in [0.2, 0.25) is 0 Å². The van der Waals surface area contributed by atoms with Gasteiger partial charge in [0.1, 0.15) is 0 Å².